The molecule has 17 heavy (non-hydrogen) atoms. The Bertz CT molecular complexity index is 445. The van der Waals surface area contributed by atoms with Crippen molar-refractivity contribution in [2.75, 3.05) is 0 Å². The van der Waals surface area contributed by atoms with Gasteiger partial charge in [0.1, 0.15) is 5.70 Å². The topological polar surface area (TPSA) is 74.7 Å². The lowest BCUT2D eigenvalue weighted by molar-refractivity contribution is -0.143. The highest BCUT2D eigenvalue weighted by molar-refractivity contribution is 6.22. The lowest BCUT2D eigenvalue weighted by atomic mass is 9.93. The summed E-state index contributed by atoms with van der Waals surface area (Å²) in [5, 5.41) is 8.97. The Labute approximate surface area is 98.4 Å². The van der Waals surface area contributed by atoms with E-state index < -0.39 is 17.8 Å². The minimum Gasteiger partial charge on any atom is -0.477 e. The first-order valence-corrected chi connectivity index (χ1v) is 5.58. The number of carboxylic acid groups (broad SMARTS) is 1. The average Bonchev–Trinajstić information content (AvgIpc) is 2.56. The molecule has 2 rings (SSSR count). The van der Waals surface area contributed by atoms with Crippen LogP contribution in [0.15, 0.2) is 22.9 Å². The first-order valence-electron chi connectivity index (χ1n) is 5.58. The van der Waals surface area contributed by atoms with Gasteiger partial charge in [0.15, 0.2) is 0 Å². The third-order valence-corrected chi connectivity index (χ3v) is 3.12. The average molecular weight is 235 g/mol. The fourth-order valence-corrected chi connectivity index (χ4v) is 2.31. The number of allylic oxidation sites excluding steroid dienone is 1. The van der Waals surface area contributed by atoms with Crippen LogP contribution < -0.4 is 0 Å². The van der Waals surface area contributed by atoms with E-state index in [2.05, 4.69) is 0 Å². The quantitative estimate of drug-likeness (QED) is 0.576. The van der Waals surface area contributed by atoms with Crippen LogP contribution in [0.5, 0.6) is 0 Å². The van der Waals surface area contributed by atoms with Gasteiger partial charge in [0.2, 0.25) is 0 Å². The number of hydrogen-bond acceptors (Lipinski definition) is 3. The lowest BCUT2D eigenvalue weighted by Crippen LogP contribution is -2.34. The van der Waals surface area contributed by atoms with Crippen molar-refractivity contribution in [3.63, 3.8) is 0 Å². The third kappa shape index (κ3) is 1.67. The minimum absolute atomic E-state index is 0.255. The maximum atomic E-state index is 12.0. The van der Waals surface area contributed by atoms with E-state index in [-0.39, 0.29) is 5.70 Å². The molecule has 2 amide bonds. The van der Waals surface area contributed by atoms with Crippen LogP contribution in [0.1, 0.15) is 32.6 Å². The predicted molar refractivity (Wildman–Crippen MR) is 58.7 cm³/mol. The number of imide groups is 1. The maximum absolute atomic E-state index is 12.0. The monoisotopic (exact) mass is 235 g/mol. The van der Waals surface area contributed by atoms with Crippen LogP contribution in [0.25, 0.3) is 0 Å². The molecule has 0 unspecified atom stereocenters. The minimum atomic E-state index is -1.26. The molecule has 0 atom stereocenters. The van der Waals surface area contributed by atoms with Gasteiger partial charge in [-0.25, -0.2) is 9.69 Å². The highest BCUT2D eigenvalue weighted by Crippen LogP contribution is 2.34. The van der Waals surface area contributed by atoms with Gasteiger partial charge >= 0.3 is 5.97 Å². The molecule has 1 N–H and O–H groups in total. The van der Waals surface area contributed by atoms with Crippen molar-refractivity contribution < 1.29 is 19.5 Å². The van der Waals surface area contributed by atoms with E-state index in [4.69, 9.17) is 5.11 Å². The second-order valence-electron chi connectivity index (χ2n) is 4.09. The molecule has 0 saturated carbocycles. The molecular formula is C12H13NO4. The van der Waals surface area contributed by atoms with Gasteiger partial charge in [-0.15, -0.1) is 0 Å². The smallest absolute Gasteiger partial charge is 0.352 e. The van der Waals surface area contributed by atoms with Crippen molar-refractivity contribution in [3.05, 3.63) is 22.9 Å². The van der Waals surface area contributed by atoms with Crippen molar-refractivity contribution in [2.45, 2.75) is 32.6 Å². The first kappa shape index (κ1) is 11.6. The molecule has 1 heterocycles. The summed E-state index contributed by atoms with van der Waals surface area (Å²) in [6, 6.07) is 0. The molecule has 1 aliphatic carbocycles. The molecule has 0 radical (unpaired) electrons. The molecule has 2 aliphatic rings. The van der Waals surface area contributed by atoms with Crippen LogP contribution in [-0.2, 0) is 14.4 Å². The van der Waals surface area contributed by atoms with E-state index >= 15 is 0 Å². The number of rotatable bonds is 2. The molecular weight excluding hydrogens is 222 g/mol. The third-order valence-electron chi connectivity index (χ3n) is 3.12. The van der Waals surface area contributed by atoms with Crippen molar-refractivity contribution in [1.82, 2.24) is 4.90 Å². The van der Waals surface area contributed by atoms with Gasteiger partial charge < -0.3 is 5.11 Å². The van der Waals surface area contributed by atoms with Gasteiger partial charge in [-0.3, -0.25) is 9.59 Å². The zero-order chi connectivity index (χ0) is 12.6. The Hall–Kier alpha value is -1.91. The zero-order valence-corrected chi connectivity index (χ0v) is 9.52. The number of nitrogens with zero attached hydrogens (tertiary/aromatic N) is 1. The van der Waals surface area contributed by atoms with Crippen LogP contribution in [0.2, 0.25) is 0 Å². The Morgan fingerprint density at radius 1 is 1.18 bits per heavy atom. The summed E-state index contributed by atoms with van der Waals surface area (Å²) in [4.78, 5) is 35.8. The van der Waals surface area contributed by atoms with E-state index in [1.165, 1.54) is 13.0 Å². The number of aliphatic carboxylic acids is 1. The summed E-state index contributed by atoms with van der Waals surface area (Å²) in [7, 11) is 0. The number of amides is 2. The van der Waals surface area contributed by atoms with Gasteiger partial charge in [0, 0.05) is 11.1 Å². The van der Waals surface area contributed by atoms with E-state index in [1.54, 1.807) is 0 Å². The van der Waals surface area contributed by atoms with Gasteiger partial charge in [-0.1, -0.05) is 6.08 Å². The zero-order valence-electron chi connectivity index (χ0n) is 9.52. The largest absolute Gasteiger partial charge is 0.477 e. The molecule has 5 heteroatoms. The second kappa shape index (κ2) is 4.16. The maximum Gasteiger partial charge on any atom is 0.352 e. The Morgan fingerprint density at radius 2 is 1.65 bits per heavy atom. The normalized spacial score (nSPS) is 21.0. The van der Waals surface area contributed by atoms with Crippen LogP contribution in [0.4, 0.5) is 0 Å². The van der Waals surface area contributed by atoms with Crippen LogP contribution >= 0.6 is 0 Å². The highest BCUT2D eigenvalue weighted by Gasteiger charge is 2.41. The lowest BCUT2D eigenvalue weighted by Gasteiger charge is -2.14. The standard InChI is InChI=1S/C12H13NO4/c1-2-9(12(16)17)13-10(14)7-5-3-4-6-8(7)11(13)15/h2H,3-6H2,1H3,(H,16,17)/b9-2-. The summed E-state index contributed by atoms with van der Waals surface area (Å²) in [6.07, 6.45) is 4.19. The van der Waals surface area contributed by atoms with Crippen molar-refractivity contribution in [3.8, 4) is 0 Å². The Morgan fingerprint density at radius 3 is 2.00 bits per heavy atom. The van der Waals surface area contributed by atoms with Gasteiger partial charge in [-0.05, 0) is 32.6 Å². The number of hydrogen-bond donors (Lipinski definition) is 1. The van der Waals surface area contributed by atoms with Crippen molar-refractivity contribution in [2.24, 2.45) is 0 Å². The van der Waals surface area contributed by atoms with Crippen LogP contribution in [0, 0.1) is 0 Å². The molecule has 0 saturated heterocycles. The van der Waals surface area contributed by atoms with Gasteiger partial charge in [-0.2, -0.15) is 0 Å². The summed E-state index contributed by atoms with van der Waals surface area (Å²) >= 11 is 0. The van der Waals surface area contributed by atoms with E-state index in [0.717, 1.165) is 17.7 Å². The molecule has 90 valence electrons. The summed E-state index contributed by atoms with van der Waals surface area (Å²) < 4.78 is 0. The molecule has 0 aromatic carbocycles. The molecule has 0 bridgehead atoms. The molecule has 0 aromatic rings. The molecule has 0 spiro atoms. The molecule has 0 fully saturated rings. The Kier molecular flexibility index (Phi) is 2.83. The van der Waals surface area contributed by atoms with Gasteiger partial charge in [0.25, 0.3) is 11.8 Å². The Balaban J connectivity index is 2.39. The molecule has 0 aromatic heterocycles. The summed E-state index contributed by atoms with van der Waals surface area (Å²) in [5.41, 5.74) is 0.748. The van der Waals surface area contributed by atoms with Crippen molar-refractivity contribution >= 4 is 17.8 Å². The number of carboxylic acids is 1. The van der Waals surface area contributed by atoms with E-state index in [1.807, 2.05) is 0 Å². The van der Waals surface area contributed by atoms with E-state index in [0.29, 0.717) is 24.0 Å². The highest BCUT2D eigenvalue weighted by atomic mass is 16.4. The van der Waals surface area contributed by atoms with Crippen molar-refractivity contribution in [1.29, 1.82) is 0 Å². The van der Waals surface area contributed by atoms with E-state index in [9.17, 15) is 14.4 Å². The van der Waals surface area contributed by atoms with Gasteiger partial charge in [0.05, 0.1) is 0 Å². The predicted octanol–water partition coefficient (Wildman–Crippen LogP) is 1.21. The number of carbonyl (C=O) groups is 3. The fourth-order valence-electron chi connectivity index (χ4n) is 2.31. The van der Waals surface area contributed by atoms with Crippen LogP contribution in [0.3, 0.4) is 0 Å². The summed E-state index contributed by atoms with van der Waals surface area (Å²) in [6.45, 7) is 1.50. The molecule has 5 nitrogen and oxygen atoms in total. The molecule has 1 aliphatic heterocycles. The SMILES string of the molecule is C/C=C(/C(=O)O)N1C(=O)C2=C(CCCC2)C1=O. The number of carbonyl (C=O) groups excluding carboxylic acids is 2. The first-order chi connectivity index (χ1) is 8.07. The summed E-state index contributed by atoms with van der Waals surface area (Å²) in [5.74, 6) is -2.17. The second-order valence-corrected chi connectivity index (χ2v) is 4.09. The van der Waals surface area contributed by atoms with Crippen LogP contribution in [-0.4, -0.2) is 27.8 Å². The fraction of sp³-hybridized carbons (Fsp3) is 0.417.